The molecule has 1 unspecified atom stereocenters. The van der Waals surface area contributed by atoms with Crippen LogP contribution in [0.1, 0.15) is 33.6 Å². The van der Waals surface area contributed by atoms with Gasteiger partial charge in [0.2, 0.25) is 0 Å². The largest absolute Gasteiger partial charge is 0.271 e. The topological polar surface area (TPSA) is 16.1 Å². The lowest BCUT2D eigenvalue weighted by atomic mass is 10.3. The van der Waals surface area contributed by atoms with Crippen LogP contribution in [0.3, 0.4) is 0 Å². The van der Waals surface area contributed by atoms with E-state index in [4.69, 9.17) is 11.8 Å². The Morgan fingerprint density at radius 1 is 1.18 bits per heavy atom. The van der Waals surface area contributed by atoms with Crippen LogP contribution in [-0.4, -0.2) is 27.9 Å². The fourth-order valence-corrected chi connectivity index (χ4v) is 6.69. The Morgan fingerprint density at radius 3 is 2.18 bits per heavy atom. The van der Waals surface area contributed by atoms with Crippen LogP contribution in [0, 0.1) is 0 Å². The van der Waals surface area contributed by atoms with E-state index in [9.17, 15) is 0 Å². The lowest BCUT2D eigenvalue weighted by molar-refractivity contribution is 0.545. The minimum absolute atomic E-state index is 0.147. The Kier molecular flexibility index (Phi) is 3.72. The molecule has 1 aromatic rings. The van der Waals surface area contributed by atoms with Gasteiger partial charge < -0.3 is 0 Å². The van der Waals surface area contributed by atoms with Gasteiger partial charge in [-0.3, -0.25) is 9.65 Å². The highest BCUT2D eigenvalue weighted by atomic mass is 32.4. The van der Waals surface area contributed by atoms with Gasteiger partial charge in [-0.15, -0.1) is 0 Å². The standard InChI is InChI=1S/C13H21N2PS/c1-13(2,3)16(17,15-10-4-5-11-15)12-6-8-14-9-7-12/h6-9H,4-5,10-11H2,1-3H3. The Hall–Kier alpha value is -0.240. The summed E-state index contributed by atoms with van der Waals surface area (Å²) in [7, 11) is 0. The maximum atomic E-state index is 6.17. The third-order valence-corrected chi connectivity index (χ3v) is 10.4. The molecule has 94 valence electrons. The fourth-order valence-electron chi connectivity index (χ4n) is 2.50. The van der Waals surface area contributed by atoms with E-state index in [0.717, 1.165) is 13.1 Å². The number of aromatic nitrogens is 1. The molecule has 0 amide bonds. The van der Waals surface area contributed by atoms with Gasteiger partial charge >= 0.3 is 0 Å². The molecule has 1 aromatic heterocycles. The van der Waals surface area contributed by atoms with E-state index in [1.165, 1.54) is 18.1 Å². The third-order valence-electron chi connectivity index (χ3n) is 3.40. The van der Waals surface area contributed by atoms with Crippen LogP contribution >= 0.6 is 6.19 Å². The monoisotopic (exact) mass is 268 g/mol. The molecular weight excluding hydrogens is 247 g/mol. The fraction of sp³-hybridized carbons (Fsp3) is 0.615. The van der Waals surface area contributed by atoms with Crippen LogP contribution in [0.4, 0.5) is 0 Å². The summed E-state index contributed by atoms with van der Waals surface area (Å²) in [6.07, 6.45) is 4.65. The zero-order valence-corrected chi connectivity index (χ0v) is 12.6. The van der Waals surface area contributed by atoms with Gasteiger partial charge in [0.1, 0.15) is 0 Å². The predicted molar refractivity (Wildman–Crippen MR) is 78.7 cm³/mol. The first-order valence-corrected chi connectivity index (χ1v) is 8.98. The maximum Gasteiger partial charge on any atom is 0.0481 e. The molecule has 0 saturated carbocycles. The van der Waals surface area contributed by atoms with Crippen LogP contribution < -0.4 is 5.30 Å². The average Bonchev–Trinajstić information content (AvgIpc) is 2.81. The molecule has 0 N–H and O–H groups in total. The van der Waals surface area contributed by atoms with E-state index < -0.39 is 6.19 Å². The molecule has 0 aromatic carbocycles. The second-order valence-corrected chi connectivity index (χ2v) is 10.8. The summed E-state index contributed by atoms with van der Waals surface area (Å²) < 4.78 is 2.57. The van der Waals surface area contributed by atoms with Gasteiger partial charge in [-0.25, -0.2) is 0 Å². The van der Waals surface area contributed by atoms with Crippen molar-refractivity contribution in [3.05, 3.63) is 24.5 Å². The molecule has 2 nitrogen and oxygen atoms in total. The summed E-state index contributed by atoms with van der Waals surface area (Å²) in [5.74, 6) is 0. The van der Waals surface area contributed by atoms with Crippen LogP contribution in [0.5, 0.6) is 0 Å². The van der Waals surface area contributed by atoms with Gasteiger partial charge in [-0.05, 0) is 25.0 Å². The Labute approximate surface area is 110 Å². The van der Waals surface area contributed by atoms with Crippen molar-refractivity contribution < 1.29 is 0 Å². The highest BCUT2D eigenvalue weighted by Crippen LogP contribution is 2.60. The molecule has 2 rings (SSSR count). The summed E-state index contributed by atoms with van der Waals surface area (Å²) in [6, 6.07) is 4.23. The predicted octanol–water partition coefficient (Wildman–Crippen LogP) is 3.00. The zero-order chi connectivity index (χ0) is 12.5. The summed E-state index contributed by atoms with van der Waals surface area (Å²) in [5.41, 5.74) is 0. The number of nitrogens with zero attached hydrogens (tertiary/aromatic N) is 2. The Balaban J connectivity index is 2.48. The molecule has 0 radical (unpaired) electrons. The number of hydrogen-bond donors (Lipinski definition) is 0. The normalized spacial score (nSPS) is 21.4. The van der Waals surface area contributed by atoms with Gasteiger partial charge in [0.05, 0.1) is 0 Å². The highest BCUT2D eigenvalue weighted by molar-refractivity contribution is 8.17. The van der Waals surface area contributed by atoms with Gasteiger partial charge in [0.25, 0.3) is 0 Å². The first kappa shape index (κ1) is 13.2. The van der Waals surface area contributed by atoms with Crippen molar-refractivity contribution in [2.45, 2.75) is 38.8 Å². The summed E-state index contributed by atoms with van der Waals surface area (Å²) in [4.78, 5) is 4.12. The molecule has 0 bridgehead atoms. The molecule has 4 heteroatoms. The lowest BCUT2D eigenvalue weighted by Crippen LogP contribution is -2.34. The van der Waals surface area contributed by atoms with Crippen molar-refractivity contribution in [3.8, 4) is 0 Å². The van der Waals surface area contributed by atoms with Crippen molar-refractivity contribution in [1.82, 2.24) is 9.65 Å². The second kappa shape index (κ2) is 4.79. The molecule has 1 saturated heterocycles. The summed E-state index contributed by atoms with van der Waals surface area (Å²) >= 11 is 6.17. The Morgan fingerprint density at radius 2 is 1.71 bits per heavy atom. The minimum atomic E-state index is -1.68. The maximum absolute atomic E-state index is 6.17. The molecule has 1 aliphatic rings. The molecular formula is C13H21N2PS. The van der Waals surface area contributed by atoms with Crippen molar-refractivity contribution in [3.63, 3.8) is 0 Å². The van der Waals surface area contributed by atoms with Crippen LogP contribution in [0.2, 0.25) is 0 Å². The highest BCUT2D eigenvalue weighted by Gasteiger charge is 2.39. The molecule has 17 heavy (non-hydrogen) atoms. The molecule has 1 fully saturated rings. The van der Waals surface area contributed by atoms with E-state index in [1.807, 2.05) is 12.4 Å². The minimum Gasteiger partial charge on any atom is -0.271 e. The van der Waals surface area contributed by atoms with Crippen LogP contribution in [-0.2, 0) is 11.8 Å². The van der Waals surface area contributed by atoms with Gasteiger partial charge in [-0.1, -0.05) is 32.6 Å². The van der Waals surface area contributed by atoms with Crippen molar-refractivity contribution in [1.29, 1.82) is 0 Å². The quantitative estimate of drug-likeness (QED) is 0.767. The van der Waals surface area contributed by atoms with Gasteiger partial charge in [-0.2, -0.15) is 0 Å². The second-order valence-electron chi connectivity index (χ2n) is 5.61. The van der Waals surface area contributed by atoms with Gasteiger partial charge in [0.15, 0.2) is 0 Å². The third kappa shape index (κ3) is 2.33. The van der Waals surface area contributed by atoms with E-state index in [1.54, 1.807) is 0 Å². The van der Waals surface area contributed by atoms with Crippen LogP contribution in [0.25, 0.3) is 0 Å². The number of rotatable bonds is 2. The van der Waals surface area contributed by atoms with Crippen molar-refractivity contribution in [2.24, 2.45) is 0 Å². The van der Waals surface area contributed by atoms with Crippen molar-refractivity contribution >= 4 is 23.3 Å². The molecule has 1 aliphatic heterocycles. The lowest BCUT2D eigenvalue weighted by Gasteiger charge is -2.42. The SMILES string of the molecule is CC(C)(C)P(=S)(c1ccncc1)N1CCCC1. The summed E-state index contributed by atoms with van der Waals surface area (Å²) in [6.45, 7) is 9.18. The zero-order valence-electron chi connectivity index (χ0n) is 10.9. The number of pyridine rings is 1. The first-order chi connectivity index (χ1) is 7.96. The van der Waals surface area contributed by atoms with E-state index in [0.29, 0.717) is 0 Å². The van der Waals surface area contributed by atoms with E-state index >= 15 is 0 Å². The average molecular weight is 268 g/mol. The first-order valence-electron chi connectivity index (χ1n) is 6.22. The van der Waals surface area contributed by atoms with E-state index in [-0.39, 0.29) is 5.16 Å². The Bertz CT molecular complexity index is 419. The molecule has 1 atom stereocenters. The summed E-state index contributed by atoms with van der Waals surface area (Å²) in [5, 5.41) is 1.46. The van der Waals surface area contributed by atoms with E-state index in [2.05, 4.69) is 42.6 Å². The smallest absolute Gasteiger partial charge is 0.0481 e. The van der Waals surface area contributed by atoms with Crippen molar-refractivity contribution in [2.75, 3.05) is 13.1 Å². The molecule has 0 aliphatic carbocycles. The van der Waals surface area contributed by atoms with Gasteiger partial charge in [0, 0.05) is 42.1 Å². The van der Waals surface area contributed by atoms with Crippen LogP contribution in [0.15, 0.2) is 24.5 Å². The number of hydrogen-bond acceptors (Lipinski definition) is 2. The molecule has 0 spiro atoms. The molecule has 2 heterocycles.